The number of hydrogen-bond acceptors (Lipinski definition) is 4. The summed E-state index contributed by atoms with van der Waals surface area (Å²) >= 11 is 0. The van der Waals surface area contributed by atoms with E-state index in [0.29, 0.717) is 0 Å². The summed E-state index contributed by atoms with van der Waals surface area (Å²) in [6.07, 6.45) is 1.07. The van der Waals surface area contributed by atoms with Crippen LogP contribution in [0, 0.1) is 11.3 Å². The van der Waals surface area contributed by atoms with Crippen LogP contribution in [0.2, 0.25) is 0 Å². The van der Waals surface area contributed by atoms with E-state index in [2.05, 4.69) is 35.0 Å². The summed E-state index contributed by atoms with van der Waals surface area (Å²) in [6.45, 7) is 13.7. The molecule has 1 N–H and O–H groups in total. The van der Waals surface area contributed by atoms with Crippen molar-refractivity contribution in [3.8, 4) is 6.07 Å². The lowest BCUT2D eigenvalue weighted by atomic mass is 10.0. The molecule has 1 saturated heterocycles. The molecule has 0 amide bonds. The third-order valence-corrected chi connectivity index (χ3v) is 3.46. The number of hydrogen-bond donors (Lipinski definition) is 1. The van der Waals surface area contributed by atoms with E-state index in [1.165, 1.54) is 0 Å². The highest BCUT2D eigenvalue weighted by Crippen LogP contribution is 2.09. The molecular weight excluding hydrogens is 212 g/mol. The van der Waals surface area contributed by atoms with Crippen LogP contribution in [0.15, 0.2) is 0 Å². The van der Waals surface area contributed by atoms with E-state index >= 15 is 0 Å². The number of nitriles is 1. The van der Waals surface area contributed by atoms with Gasteiger partial charge in [-0.1, -0.05) is 13.8 Å². The molecule has 98 valence electrons. The van der Waals surface area contributed by atoms with Gasteiger partial charge in [0.1, 0.15) is 5.54 Å². The first-order valence-corrected chi connectivity index (χ1v) is 6.74. The van der Waals surface area contributed by atoms with E-state index in [-0.39, 0.29) is 0 Å². The van der Waals surface area contributed by atoms with Gasteiger partial charge in [0.2, 0.25) is 0 Å². The van der Waals surface area contributed by atoms with Crippen LogP contribution in [0.4, 0.5) is 0 Å². The van der Waals surface area contributed by atoms with Crippen molar-refractivity contribution in [3.05, 3.63) is 0 Å². The van der Waals surface area contributed by atoms with E-state index in [1.807, 2.05) is 6.92 Å². The summed E-state index contributed by atoms with van der Waals surface area (Å²) in [4.78, 5) is 4.86. The van der Waals surface area contributed by atoms with Gasteiger partial charge < -0.3 is 4.90 Å². The molecule has 0 radical (unpaired) electrons. The predicted molar refractivity (Wildman–Crippen MR) is 70.9 cm³/mol. The molecule has 1 rings (SSSR count). The highest BCUT2D eigenvalue weighted by molar-refractivity contribution is 5.06. The van der Waals surface area contributed by atoms with E-state index in [4.69, 9.17) is 0 Å². The fraction of sp³-hybridized carbons (Fsp3) is 0.923. The Kier molecular flexibility index (Phi) is 5.90. The zero-order valence-corrected chi connectivity index (χ0v) is 11.5. The Morgan fingerprint density at radius 1 is 1.18 bits per heavy atom. The quantitative estimate of drug-likeness (QED) is 0.747. The molecule has 0 aliphatic carbocycles. The number of piperazine rings is 1. The number of likely N-dealkylation sites (N-methyl/N-ethyl adjacent to an activating group) is 1. The normalized spacial score (nSPS) is 22.0. The van der Waals surface area contributed by atoms with Crippen LogP contribution in [-0.4, -0.2) is 61.2 Å². The maximum absolute atomic E-state index is 9.29. The highest BCUT2D eigenvalue weighted by Gasteiger charge is 2.27. The Hall–Kier alpha value is -0.630. The molecular formula is C13H26N4. The van der Waals surface area contributed by atoms with E-state index in [9.17, 15) is 5.26 Å². The Bertz CT molecular complexity index is 253. The van der Waals surface area contributed by atoms with Crippen molar-refractivity contribution in [2.45, 2.75) is 32.7 Å². The summed E-state index contributed by atoms with van der Waals surface area (Å²) in [7, 11) is 0. The van der Waals surface area contributed by atoms with E-state index < -0.39 is 5.54 Å². The van der Waals surface area contributed by atoms with Gasteiger partial charge in [-0.2, -0.15) is 5.26 Å². The van der Waals surface area contributed by atoms with Gasteiger partial charge in [0.15, 0.2) is 0 Å². The largest absolute Gasteiger partial charge is 0.301 e. The van der Waals surface area contributed by atoms with Gasteiger partial charge in [-0.3, -0.25) is 10.2 Å². The Labute approximate surface area is 106 Å². The van der Waals surface area contributed by atoms with Crippen molar-refractivity contribution in [1.29, 1.82) is 5.26 Å². The topological polar surface area (TPSA) is 42.3 Å². The van der Waals surface area contributed by atoms with Crippen LogP contribution < -0.4 is 5.32 Å². The van der Waals surface area contributed by atoms with Gasteiger partial charge in [-0.25, -0.2) is 0 Å². The second-order valence-electron chi connectivity index (χ2n) is 5.08. The summed E-state index contributed by atoms with van der Waals surface area (Å²) in [6, 6.07) is 2.42. The van der Waals surface area contributed by atoms with Crippen molar-refractivity contribution < 1.29 is 0 Å². The summed E-state index contributed by atoms with van der Waals surface area (Å²) in [5, 5.41) is 12.6. The van der Waals surface area contributed by atoms with Crippen LogP contribution >= 0.6 is 0 Å². The molecule has 0 aromatic carbocycles. The van der Waals surface area contributed by atoms with Crippen LogP contribution in [0.25, 0.3) is 0 Å². The average molecular weight is 238 g/mol. The molecule has 1 fully saturated rings. The zero-order chi connectivity index (χ0) is 12.7. The summed E-state index contributed by atoms with van der Waals surface area (Å²) in [5.41, 5.74) is -0.398. The Balaban J connectivity index is 2.39. The minimum Gasteiger partial charge on any atom is -0.301 e. The smallest absolute Gasteiger partial charge is 0.116 e. The van der Waals surface area contributed by atoms with Gasteiger partial charge in [0, 0.05) is 32.7 Å². The minimum absolute atomic E-state index is 0.398. The van der Waals surface area contributed by atoms with E-state index in [1.54, 1.807) is 0 Å². The van der Waals surface area contributed by atoms with Crippen molar-refractivity contribution in [1.82, 2.24) is 15.1 Å². The molecule has 1 atom stereocenters. The van der Waals surface area contributed by atoms with Crippen molar-refractivity contribution in [3.63, 3.8) is 0 Å². The van der Waals surface area contributed by atoms with Crippen LogP contribution in [-0.2, 0) is 0 Å². The van der Waals surface area contributed by atoms with Crippen LogP contribution in [0.3, 0.4) is 0 Å². The van der Waals surface area contributed by atoms with Crippen LogP contribution in [0.1, 0.15) is 27.2 Å². The third kappa shape index (κ3) is 4.63. The lowest BCUT2D eigenvalue weighted by Gasteiger charge is -2.37. The lowest BCUT2D eigenvalue weighted by molar-refractivity contribution is 0.119. The summed E-state index contributed by atoms with van der Waals surface area (Å²) < 4.78 is 0. The van der Waals surface area contributed by atoms with Crippen molar-refractivity contribution in [2.24, 2.45) is 0 Å². The first-order chi connectivity index (χ1) is 8.13. The molecule has 1 unspecified atom stereocenters. The molecule has 0 spiro atoms. The maximum atomic E-state index is 9.29. The Morgan fingerprint density at radius 2 is 1.76 bits per heavy atom. The molecule has 4 heteroatoms. The molecule has 1 aliphatic heterocycles. The molecule has 0 bridgehead atoms. The fourth-order valence-electron chi connectivity index (χ4n) is 2.24. The molecule has 0 saturated carbocycles. The van der Waals surface area contributed by atoms with Crippen LogP contribution in [0.5, 0.6) is 0 Å². The molecule has 0 aromatic rings. The molecule has 17 heavy (non-hydrogen) atoms. The first-order valence-electron chi connectivity index (χ1n) is 6.74. The van der Waals surface area contributed by atoms with Gasteiger partial charge in [-0.15, -0.1) is 0 Å². The number of nitrogens with one attached hydrogen (secondary N) is 1. The van der Waals surface area contributed by atoms with Gasteiger partial charge in [0.05, 0.1) is 6.07 Å². The van der Waals surface area contributed by atoms with Crippen molar-refractivity contribution >= 4 is 0 Å². The minimum atomic E-state index is -0.398. The maximum Gasteiger partial charge on any atom is 0.116 e. The van der Waals surface area contributed by atoms with Gasteiger partial charge in [0.25, 0.3) is 0 Å². The van der Waals surface area contributed by atoms with Gasteiger partial charge >= 0.3 is 0 Å². The number of nitrogens with zero attached hydrogens (tertiary/aromatic N) is 3. The van der Waals surface area contributed by atoms with Crippen molar-refractivity contribution in [2.75, 3.05) is 45.8 Å². The van der Waals surface area contributed by atoms with Gasteiger partial charge in [-0.05, 0) is 26.4 Å². The average Bonchev–Trinajstić information content (AvgIpc) is 2.37. The first kappa shape index (κ1) is 14.4. The van der Waals surface area contributed by atoms with E-state index in [0.717, 1.165) is 52.2 Å². The third-order valence-electron chi connectivity index (χ3n) is 3.46. The fourth-order valence-corrected chi connectivity index (χ4v) is 2.24. The predicted octanol–water partition coefficient (Wildman–Crippen LogP) is 0.906. The highest BCUT2D eigenvalue weighted by atomic mass is 15.3. The second kappa shape index (κ2) is 6.95. The molecule has 1 heterocycles. The standard InChI is InChI=1S/C13H26N4/c1-4-6-15-13(3,11-14)12-17-9-7-16(5-2)8-10-17/h15H,4-10,12H2,1-3H3. The second-order valence-corrected chi connectivity index (χ2v) is 5.08. The molecule has 4 nitrogen and oxygen atoms in total. The lowest BCUT2D eigenvalue weighted by Crippen LogP contribution is -2.55. The Morgan fingerprint density at radius 3 is 2.24 bits per heavy atom. The summed E-state index contributed by atoms with van der Waals surface area (Å²) in [5.74, 6) is 0. The SMILES string of the molecule is CCCNC(C)(C#N)CN1CCN(CC)CC1. The molecule has 0 aromatic heterocycles. The monoisotopic (exact) mass is 238 g/mol. The zero-order valence-electron chi connectivity index (χ0n) is 11.5. The number of rotatable bonds is 6. The molecule has 1 aliphatic rings.